The van der Waals surface area contributed by atoms with Gasteiger partial charge in [-0.3, -0.25) is 0 Å². The molecule has 2 nitrogen and oxygen atoms in total. The topological polar surface area (TPSA) is 25.3 Å². The quantitative estimate of drug-likeness (QED) is 0.0580. The van der Waals surface area contributed by atoms with Crippen LogP contribution in [0.1, 0.15) is 160 Å². The number of rotatable bonds is 20. The first-order valence-corrected chi connectivity index (χ1v) is 18.4. The Morgan fingerprint density at radius 1 is 0.565 bits per heavy atom. The van der Waals surface area contributed by atoms with E-state index in [9.17, 15) is 5.53 Å². The van der Waals surface area contributed by atoms with Crippen molar-refractivity contribution < 1.29 is 21.2 Å². The van der Waals surface area contributed by atoms with E-state index in [1.165, 1.54) is 104 Å². The molecular weight excluding hydrogens is 603 g/mol. The molecule has 2 aromatic carbocycles. The molecule has 1 aliphatic rings. The van der Waals surface area contributed by atoms with Crippen LogP contribution in [0.15, 0.2) is 71.8 Å². The van der Waals surface area contributed by atoms with Gasteiger partial charge in [0, 0.05) is 16.7 Å². The SMILES string of the molecule is CCCCCCCC=CC1=C(c2ccc(CC)cc2)[N+](=[N-])C(c2ccc(CCCCCC)cc2)=C1CCCCCC.[CH2-]C.[CH2-]C.[Ni+2]. The molecule has 3 rings (SSSR count). The van der Waals surface area contributed by atoms with Crippen LogP contribution < -0.4 is 0 Å². The van der Waals surface area contributed by atoms with Gasteiger partial charge in [-0.05, 0) is 80.3 Å². The minimum atomic E-state index is 0. The molecule has 0 aliphatic carbocycles. The fourth-order valence-electron chi connectivity index (χ4n) is 5.91. The number of aryl methyl sites for hydroxylation is 2. The van der Waals surface area contributed by atoms with Crippen molar-refractivity contribution in [3.8, 4) is 0 Å². The van der Waals surface area contributed by atoms with Gasteiger partial charge in [-0.25, -0.2) is 4.70 Å². The maximum absolute atomic E-state index is 11.9. The predicted molar refractivity (Wildman–Crippen MR) is 201 cm³/mol. The molecule has 0 bridgehead atoms. The van der Waals surface area contributed by atoms with E-state index < -0.39 is 0 Å². The molecule has 0 atom stereocenters. The Hall–Kier alpha value is -2.25. The molecule has 0 saturated heterocycles. The summed E-state index contributed by atoms with van der Waals surface area (Å²) < 4.78 is 1.51. The summed E-state index contributed by atoms with van der Waals surface area (Å²) in [6.45, 7) is 19.0. The van der Waals surface area contributed by atoms with Crippen LogP contribution in [0.3, 0.4) is 0 Å². The summed E-state index contributed by atoms with van der Waals surface area (Å²) in [7, 11) is 0. The molecule has 3 heteroatoms. The van der Waals surface area contributed by atoms with Gasteiger partial charge >= 0.3 is 16.5 Å². The minimum Gasteiger partial charge on any atom is -0.493 e. The second kappa shape index (κ2) is 27.8. The molecule has 46 heavy (non-hydrogen) atoms. The second-order valence-electron chi connectivity index (χ2n) is 11.9. The van der Waals surface area contributed by atoms with E-state index in [0.717, 1.165) is 54.6 Å². The number of hydrogen-bond acceptors (Lipinski definition) is 0. The Labute approximate surface area is 295 Å². The zero-order valence-corrected chi connectivity index (χ0v) is 31.4. The van der Waals surface area contributed by atoms with E-state index in [4.69, 9.17) is 0 Å². The van der Waals surface area contributed by atoms with Crippen LogP contribution >= 0.6 is 0 Å². The van der Waals surface area contributed by atoms with Crippen molar-refractivity contribution in [2.75, 3.05) is 0 Å². The second-order valence-corrected chi connectivity index (χ2v) is 11.9. The normalized spacial score (nSPS) is 12.6. The monoisotopic (exact) mass is 668 g/mol. The standard InChI is InChI=1S/C39H56N2.2C2H5.Ni/c1-5-9-12-15-16-17-20-23-37-36(22-19-14-11-7-3)39(35-30-26-33(27-31-35)21-18-13-10-6-2)41(40)38(37)34-28-24-32(8-4)25-29-34;2*1-2;/h20,23-31H,5-19,21-22H2,1-4H3;2*1H2,2H3;/q;2*-1;+2. The van der Waals surface area contributed by atoms with Crippen molar-refractivity contribution in [2.24, 2.45) is 0 Å². The Balaban J connectivity index is 0.00000389. The van der Waals surface area contributed by atoms with Crippen LogP contribution in [0.2, 0.25) is 0 Å². The van der Waals surface area contributed by atoms with Gasteiger partial charge in [0.05, 0.1) is 5.57 Å². The first kappa shape index (κ1) is 43.8. The van der Waals surface area contributed by atoms with Crippen molar-refractivity contribution in [1.29, 1.82) is 0 Å². The van der Waals surface area contributed by atoms with Crippen molar-refractivity contribution >= 4 is 11.4 Å². The van der Waals surface area contributed by atoms with E-state index in [-0.39, 0.29) is 16.5 Å². The third-order valence-electron chi connectivity index (χ3n) is 8.51. The Morgan fingerprint density at radius 3 is 1.54 bits per heavy atom. The number of nitrogens with zero attached hydrogens (tertiary/aromatic N) is 2. The molecule has 0 spiro atoms. The Kier molecular flexibility index (Phi) is 26.5. The first-order valence-electron chi connectivity index (χ1n) is 18.4. The summed E-state index contributed by atoms with van der Waals surface area (Å²) in [6, 6.07) is 17.8. The summed E-state index contributed by atoms with van der Waals surface area (Å²) in [5, 5.41) is 0. The van der Waals surface area contributed by atoms with Crippen molar-refractivity contribution in [3.63, 3.8) is 0 Å². The first-order chi connectivity index (χ1) is 22.1. The smallest absolute Gasteiger partial charge is 0.493 e. The van der Waals surface area contributed by atoms with Crippen LogP contribution in [-0.2, 0) is 29.3 Å². The van der Waals surface area contributed by atoms with Gasteiger partial charge in [-0.2, -0.15) is 13.8 Å². The molecule has 0 amide bonds. The molecule has 2 aromatic rings. The van der Waals surface area contributed by atoms with Gasteiger partial charge in [0.2, 0.25) is 11.4 Å². The van der Waals surface area contributed by atoms with E-state index in [2.05, 4.69) is 102 Å². The van der Waals surface area contributed by atoms with Gasteiger partial charge in [0.25, 0.3) is 0 Å². The maximum atomic E-state index is 11.9. The number of benzene rings is 2. The molecule has 0 aromatic heterocycles. The third kappa shape index (κ3) is 14.7. The number of allylic oxidation sites excluding steroid dienone is 4. The molecule has 0 N–H and O–H groups in total. The molecular formula is C43H66N2Ni. The zero-order valence-electron chi connectivity index (χ0n) is 30.4. The van der Waals surface area contributed by atoms with E-state index in [1.807, 2.05) is 0 Å². The van der Waals surface area contributed by atoms with Gasteiger partial charge in [0.15, 0.2) is 0 Å². The summed E-state index contributed by atoms with van der Waals surface area (Å²) in [5.74, 6) is 0. The molecule has 0 unspecified atom stereocenters. The van der Waals surface area contributed by atoms with Crippen LogP contribution in [0.25, 0.3) is 16.9 Å². The van der Waals surface area contributed by atoms with Crippen molar-refractivity contribution in [3.05, 3.63) is 113 Å². The van der Waals surface area contributed by atoms with Gasteiger partial charge < -0.3 is 19.4 Å². The number of unbranched alkanes of at least 4 members (excludes halogenated alkanes) is 11. The Morgan fingerprint density at radius 2 is 1.02 bits per heavy atom. The molecule has 258 valence electrons. The van der Waals surface area contributed by atoms with E-state index >= 15 is 0 Å². The summed E-state index contributed by atoms with van der Waals surface area (Å²) in [6.07, 6.45) is 25.3. The van der Waals surface area contributed by atoms with Crippen LogP contribution in [0.4, 0.5) is 0 Å². The van der Waals surface area contributed by atoms with Gasteiger partial charge in [0.1, 0.15) is 0 Å². The average Bonchev–Trinajstić information content (AvgIpc) is 3.37. The molecule has 0 saturated carbocycles. The minimum absolute atomic E-state index is 0. The molecule has 0 radical (unpaired) electrons. The third-order valence-corrected chi connectivity index (χ3v) is 8.51. The van der Waals surface area contributed by atoms with E-state index in [0.29, 0.717) is 0 Å². The summed E-state index contributed by atoms with van der Waals surface area (Å²) in [5.41, 5.74) is 21.2. The largest absolute Gasteiger partial charge is 2.00 e. The summed E-state index contributed by atoms with van der Waals surface area (Å²) >= 11 is 0. The molecule has 1 aliphatic heterocycles. The fraction of sp³-hybridized carbons (Fsp3) is 0.535. The van der Waals surface area contributed by atoms with Crippen LogP contribution in [0.5, 0.6) is 0 Å². The molecule has 1 heterocycles. The maximum Gasteiger partial charge on any atom is 2.00 e. The Bertz CT molecular complexity index is 1150. The number of hydrogen-bond donors (Lipinski definition) is 0. The van der Waals surface area contributed by atoms with Crippen molar-refractivity contribution in [2.45, 2.75) is 151 Å². The molecule has 0 fully saturated rings. The average molecular weight is 670 g/mol. The van der Waals surface area contributed by atoms with Gasteiger partial charge in [-0.1, -0.05) is 128 Å². The predicted octanol–water partition coefficient (Wildman–Crippen LogP) is 14.1. The van der Waals surface area contributed by atoms with E-state index in [1.54, 1.807) is 13.8 Å². The zero-order chi connectivity index (χ0) is 33.3. The van der Waals surface area contributed by atoms with Crippen molar-refractivity contribution in [1.82, 2.24) is 0 Å². The van der Waals surface area contributed by atoms with Gasteiger partial charge in [-0.15, -0.1) is 0 Å². The summed E-state index contributed by atoms with van der Waals surface area (Å²) in [4.78, 5) is 0. The fourth-order valence-corrected chi connectivity index (χ4v) is 5.91. The van der Waals surface area contributed by atoms with Crippen LogP contribution in [-0.4, -0.2) is 4.70 Å². The van der Waals surface area contributed by atoms with Crippen LogP contribution in [0, 0.1) is 13.8 Å².